The van der Waals surface area contributed by atoms with Gasteiger partial charge in [-0.15, -0.1) is 0 Å². The first-order valence-electron chi connectivity index (χ1n) is 12.0. The number of pyridine rings is 1. The van der Waals surface area contributed by atoms with Crippen LogP contribution in [0.3, 0.4) is 0 Å². The molecule has 0 spiro atoms. The van der Waals surface area contributed by atoms with Crippen LogP contribution in [0, 0.1) is 6.92 Å². The van der Waals surface area contributed by atoms with Crippen LogP contribution in [0.5, 0.6) is 0 Å². The Kier molecular flexibility index (Phi) is 10.2. The molecule has 200 valence electrons. The summed E-state index contributed by atoms with van der Waals surface area (Å²) in [6, 6.07) is 9.04. The van der Waals surface area contributed by atoms with Gasteiger partial charge in [0.25, 0.3) is 5.91 Å². The molecule has 10 nitrogen and oxygen atoms in total. The largest absolute Gasteiger partial charge is 0.444 e. The van der Waals surface area contributed by atoms with Gasteiger partial charge in [0, 0.05) is 31.0 Å². The Morgan fingerprint density at radius 2 is 1.46 bits per heavy atom. The third kappa shape index (κ3) is 11.6. The maximum Gasteiger partial charge on any atom is 0.414 e. The summed E-state index contributed by atoms with van der Waals surface area (Å²) < 4.78 is 10.5. The van der Waals surface area contributed by atoms with Crippen molar-refractivity contribution < 1.29 is 23.9 Å². The lowest BCUT2D eigenvalue weighted by Crippen LogP contribution is -2.47. The lowest BCUT2D eigenvalue weighted by atomic mass is 10.1. The van der Waals surface area contributed by atoms with Crippen molar-refractivity contribution in [3.63, 3.8) is 0 Å². The van der Waals surface area contributed by atoms with Crippen LogP contribution in [0.25, 0.3) is 0 Å². The van der Waals surface area contributed by atoms with E-state index in [2.05, 4.69) is 25.9 Å². The molecule has 0 atom stereocenters. The van der Waals surface area contributed by atoms with Gasteiger partial charge in [-0.1, -0.05) is 12.1 Å². The van der Waals surface area contributed by atoms with E-state index >= 15 is 0 Å². The van der Waals surface area contributed by atoms with Crippen molar-refractivity contribution in [2.45, 2.75) is 72.6 Å². The second-order valence-corrected chi connectivity index (χ2v) is 10.4. The highest BCUT2D eigenvalue weighted by molar-refractivity contribution is 6.01. The SMILES string of the molecule is Cc1cnccc1CNC(=O)c1ccc(CCN=C(NC(=O)OC(C)(C)C)NC(=O)OC(C)(C)C)cc1. The Bertz CT molecular complexity index is 1080. The molecule has 1 aromatic carbocycles. The van der Waals surface area contributed by atoms with Crippen molar-refractivity contribution in [2.24, 2.45) is 4.99 Å². The minimum atomic E-state index is -0.750. The normalized spacial score (nSPS) is 11.2. The number of rotatable bonds is 6. The Morgan fingerprint density at radius 3 is 1.97 bits per heavy atom. The van der Waals surface area contributed by atoms with Gasteiger partial charge in [0.1, 0.15) is 11.2 Å². The molecule has 3 N–H and O–H groups in total. The fourth-order valence-electron chi connectivity index (χ4n) is 3.01. The van der Waals surface area contributed by atoms with Crippen molar-refractivity contribution in [3.8, 4) is 0 Å². The zero-order valence-corrected chi connectivity index (χ0v) is 22.6. The van der Waals surface area contributed by atoms with Crippen LogP contribution in [0.4, 0.5) is 9.59 Å². The summed E-state index contributed by atoms with van der Waals surface area (Å²) in [6.07, 6.45) is 2.46. The second-order valence-electron chi connectivity index (χ2n) is 10.4. The molecule has 0 saturated heterocycles. The molecule has 0 unspecified atom stereocenters. The summed E-state index contributed by atoms with van der Waals surface area (Å²) in [7, 11) is 0. The molecule has 0 saturated carbocycles. The number of benzene rings is 1. The summed E-state index contributed by atoms with van der Waals surface area (Å²) in [5.41, 5.74) is 2.06. The first kappa shape index (κ1) is 29.3. The maximum absolute atomic E-state index is 12.5. The van der Waals surface area contributed by atoms with Gasteiger partial charge in [-0.3, -0.25) is 25.4 Å². The summed E-state index contributed by atoms with van der Waals surface area (Å²) in [5, 5.41) is 7.81. The van der Waals surface area contributed by atoms with Crippen LogP contribution in [-0.2, 0) is 22.4 Å². The topological polar surface area (TPSA) is 131 Å². The quantitative estimate of drug-likeness (QED) is 0.392. The molecular weight excluding hydrogens is 474 g/mol. The number of carbonyl (C=O) groups excluding carboxylic acids is 3. The van der Waals surface area contributed by atoms with E-state index in [0.29, 0.717) is 18.5 Å². The average Bonchev–Trinajstić information content (AvgIpc) is 2.76. The number of aliphatic imine (C=N–C) groups is 1. The van der Waals surface area contributed by atoms with E-state index in [4.69, 9.17) is 9.47 Å². The summed E-state index contributed by atoms with van der Waals surface area (Å²) in [6.45, 7) is 13.0. The number of amides is 3. The highest BCUT2D eigenvalue weighted by atomic mass is 16.6. The van der Waals surface area contributed by atoms with Gasteiger partial charge < -0.3 is 14.8 Å². The van der Waals surface area contributed by atoms with Crippen LogP contribution in [0.1, 0.15) is 68.6 Å². The van der Waals surface area contributed by atoms with Crippen LogP contribution >= 0.6 is 0 Å². The highest BCUT2D eigenvalue weighted by Gasteiger charge is 2.21. The molecule has 10 heteroatoms. The fourth-order valence-corrected chi connectivity index (χ4v) is 3.01. The monoisotopic (exact) mass is 511 g/mol. The van der Waals surface area contributed by atoms with Gasteiger partial charge in [-0.25, -0.2) is 9.59 Å². The third-order valence-electron chi connectivity index (χ3n) is 4.70. The number of nitrogens with zero attached hydrogens (tertiary/aromatic N) is 2. The molecule has 0 radical (unpaired) electrons. The van der Waals surface area contributed by atoms with E-state index in [-0.39, 0.29) is 18.4 Å². The van der Waals surface area contributed by atoms with Crippen molar-refractivity contribution >= 4 is 24.1 Å². The molecule has 0 aliphatic rings. The Hall–Kier alpha value is -3.95. The zero-order chi connectivity index (χ0) is 27.6. The van der Waals surface area contributed by atoms with Crippen molar-refractivity contribution in [1.29, 1.82) is 0 Å². The number of carbonyl (C=O) groups is 3. The molecule has 2 rings (SSSR count). The van der Waals surface area contributed by atoms with Crippen LogP contribution < -0.4 is 16.0 Å². The standard InChI is InChI=1S/C27H37N5O5/c1-18-16-28-14-13-21(18)17-30-22(33)20-10-8-19(9-11-20)12-15-29-23(31-24(34)36-26(2,3)4)32-25(35)37-27(5,6)7/h8-11,13-14,16H,12,15,17H2,1-7H3,(H,30,33)(H2,29,31,32,34,35). The summed E-state index contributed by atoms with van der Waals surface area (Å²) in [4.78, 5) is 45.2. The molecule has 1 heterocycles. The average molecular weight is 512 g/mol. The zero-order valence-electron chi connectivity index (χ0n) is 22.6. The van der Waals surface area contributed by atoms with Gasteiger partial charge in [-0.2, -0.15) is 0 Å². The molecular formula is C27H37N5O5. The number of alkyl carbamates (subject to hydrolysis) is 2. The molecule has 3 amide bonds. The predicted octanol–water partition coefficient (Wildman–Crippen LogP) is 4.27. The van der Waals surface area contributed by atoms with Gasteiger partial charge >= 0.3 is 12.2 Å². The molecule has 37 heavy (non-hydrogen) atoms. The molecule has 1 aromatic heterocycles. The number of ether oxygens (including phenoxy) is 2. The van der Waals surface area contributed by atoms with Crippen LogP contribution in [-0.4, -0.2) is 46.8 Å². The Labute approximate surface area is 218 Å². The van der Waals surface area contributed by atoms with Crippen molar-refractivity contribution in [3.05, 3.63) is 65.0 Å². The van der Waals surface area contributed by atoms with Crippen LogP contribution in [0.2, 0.25) is 0 Å². The molecule has 2 aromatic rings. The minimum absolute atomic E-state index is 0.0779. The minimum Gasteiger partial charge on any atom is -0.444 e. The van der Waals surface area contributed by atoms with Gasteiger partial charge in [-0.05, 0) is 89.8 Å². The second kappa shape index (κ2) is 12.8. The number of guanidine groups is 1. The van der Waals surface area contributed by atoms with Gasteiger partial charge in [0.15, 0.2) is 0 Å². The summed E-state index contributed by atoms with van der Waals surface area (Å²) >= 11 is 0. The lowest BCUT2D eigenvalue weighted by molar-refractivity contribution is 0.0544. The van der Waals surface area contributed by atoms with Crippen LogP contribution in [0.15, 0.2) is 47.7 Å². The molecule has 0 bridgehead atoms. The molecule has 0 aliphatic carbocycles. The number of aryl methyl sites for hydroxylation is 1. The lowest BCUT2D eigenvalue weighted by Gasteiger charge is -2.22. The van der Waals surface area contributed by atoms with E-state index in [0.717, 1.165) is 16.7 Å². The van der Waals surface area contributed by atoms with Gasteiger partial charge in [0.2, 0.25) is 5.96 Å². The Balaban J connectivity index is 1.98. The maximum atomic E-state index is 12.5. The first-order chi connectivity index (χ1) is 17.2. The van der Waals surface area contributed by atoms with E-state index in [1.54, 1.807) is 66.1 Å². The van der Waals surface area contributed by atoms with E-state index in [9.17, 15) is 14.4 Å². The number of hydrogen-bond donors (Lipinski definition) is 3. The van der Waals surface area contributed by atoms with E-state index < -0.39 is 23.4 Å². The number of nitrogens with one attached hydrogen (secondary N) is 3. The summed E-state index contributed by atoms with van der Waals surface area (Å²) in [5.74, 6) is -0.253. The van der Waals surface area contributed by atoms with Gasteiger partial charge in [0.05, 0.1) is 0 Å². The van der Waals surface area contributed by atoms with E-state index in [1.807, 2.05) is 25.1 Å². The Morgan fingerprint density at radius 1 is 0.892 bits per heavy atom. The first-order valence-corrected chi connectivity index (χ1v) is 12.0. The fraction of sp³-hybridized carbons (Fsp3) is 0.444. The highest BCUT2D eigenvalue weighted by Crippen LogP contribution is 2.09. The smallest absolute Gasteiger partial charge is 0.414 e. The molecule has 0 aliphatic heterocycles. The number of hydrogen-bond acceptors (Lipinski definition) is 7. The van der Waals surface area contributed by atoms with Crippen molar-refractivity contribution in [2.75, 3.05) is 6.54 Å². The molecule has 0 fully saturated rings. The van der Waals surface area contributed by atoms with Crippen molar-refractivity contribution in [1.82, 2.24) is 20.9 Å². The third-order valence-corrected chi connectivity index (χ3v) is 4.70. The predicted molar refractivity (Wildman–Crippen MR) is 141 cm³/mol. The van der Waals surface area contributed by atoms with E-state index in [1.165, 1.54) is 0 Å². The number of aromatic nitrogens is 1.